The molecule has 0 saturated carbocycles. The Hall–Kier alpha value is -1.14. The van der Waals surface area contributed by atoms with Crippen molar-refractivity contribution in [3.63, 3.8) is 0 Å². The van der Waals surface area contributed by atoms with E-state index in [2.05, 4.69) is 13.8 Å². The first kappa shape index (κ1) is 14.8. The van der Waals surface area contributed by atoms with Gasteiger partial charge in [-0.2, -0.15) is 0 Å². The van der Waals surface area contributed by atoms with Gasteiger partial charge in [-0.05, 0) is 58.0 Å². The number of aliphatic hydroxyl groups excluding tert-OH is 1. The molecule has 1 aliphatic heterocycles. The van der Waals surface area contributed by atoms with Crippen LogP contribution in [0.2, 0.25) is 0 Å². The van der Waals surface area contributed by atoms with Crippen molar-refractivity contribution >= 4 is 22.6 Å². The van der Waals surface area contributed by atoms with Crippen LogP contribution in [0.3, 0.4) is 0 Å². The molecule has 0 aliphatic carbocycles. The van der Waals surface area contributed by atoms with E-state index in [9.17, 15) is 9.50 Å². The maximum Gasteiger partial charge on any atom is 0.124 e. The molecule has 0 radical (unpaired) electrons. The summed E-state index contributed by atoms with van der Waals surface area (Å²) in [6.45, 7) is 4.89. The highest BCUT2D eigenvalue weighted by Crippen LogP contribution is 2.40. The van der Waals surface area contributed by atoms with Crippen LogP contribution in [0, 0.1) is 9.39 Å². The third-order valence-electron chi connectivity index (χ3n) is 3.89. The number of rotatable bonds is 2. The molecule has 1 atom stereocenters. The lowest BCUT2D eigenvalue weighted by Crippen LogP contribution is -2.18. The molecule has 1 aliphatic rings. The second kappa shape index (κ2) is 5.25. The van der Waals surface area contributed by atoms with Crippen molar-refractivity contribution in [3.05, 3.63) is 62.5 Å². The third-order valence-corrected chi connectivity index (χ3v) is 4.83. The van der Waals surface area contributed by atoms with E-state index in [1.165, 1.54) is 12.1 Å². The van der Waals surface area contributed by atoms with E-state index in [4.69, 9.17) is 4.74 Å². The highest BCUT2D eigenvalue weighted by atomic mass is 127. The van der Waals surface area contributed by atoms with Gasteiger partial charge in [-0.1, -0.05) is 26.0 Å². The van der Waals surface area contributed by atoms with Gasteiger partial charge in [0.1, 0.15) is 17.7 Å². The van der Waals surface area contributed by atoms with Crippen LogP contribution in [0.25, 0.3) is 0 Å². The summed E-state index contributed by atoms with van der Waals surface area (Å²) in [6.07, 6.45) is -0.765. The van der Waals surface area contributed by atoms with Crippen molar-refractivity contribution < 1.29 is 14.2 Å². The SMILES string of the molecule is CC1(C)COc2ccc(C(O)c3ccc(F)cc3I)cc21. The number of halogens is 2. The molecule has 0 saturated heterocycles. The molecule has 0 spiro atoms. The maximum absolute atomic E-state index is 13.2. The Kier molecular flexibility index (Phi) is 3.69. The summed E-state index contributed by atoms with van der Waals surface area (Å²) < 4.78 is 19.6. The molecular formula is C17H16FIO2. The molecular weight excluding hydrogens is 382 g/mol. The second-order valence-corrected chi connectivity index (χ2v) is 7.16. The van der Waals surface area contributed by atoms with Crippen molar-refractivity contribution in [1.82, 2.24) is 0 Å². The van der Waals surface area contributed by atoms with Gasteiger partial charge in [0.15, 0.2) is 0 Å². The van der Waals surface area contributed by atoms with Crippen LogP contribution in [-0.4, -0.2) is 11.7 Å². The van der Waals surface area contributed by atoms with Gasteiger partial charge in [-0.15, -0.1) is 0 Å². The Morgan fingerprint density at radius 1 is 1.24 bits per heavy atom. The lowest BCUT2D eigenvalue weighted by atomic mass is 9.85. The summed E-state index contributed by atoms with van der Waals surface area (Å²) in [4.78, 5) is 0. The van der Waals surface area contributed by atoms with Crippen molar-refractivity contribution in [2.75, 3.05) is 6.61 Å². The van der Waals surface area contributed by atoms with Gasteiger partial charge in [0.25, 0.3) is 0 Å². The fraction of sp³-hybridized carbons (Fsp3) is 0.294. The van der Waals surface area contributed by atoms with Gasteiger partial charge >= 0.3 is 0 Å². The smallest absolute Gasteiger partial charge is 0.124 e. The van der Waals surface area contributed by atoms with E-state index in [0.717, 1.165) is 20.4 Å². The highest BCUT2D eigenvalue weighted by Gasteiger charge is 2.32. The number of benzene rings is 2. The molecule has 0 bridgehead atoms. The zero-order valence-electron chi connectivity index (χ0n) is 11.9. The fourth-order valence-electron chi connectivity index (χ4n) is 2.61. The number of fused-ring (bicyclic) bond motifs is 1. The summed E-state index contributed by atoms with van der Waals surface area (Å²) >= 11 is 2.05. The van der Waals surface area contributed by atoms with Crippen LogP contribution in [0.4, 0.5) is 4.39 Å². The van der Waals surface area contributed by atoms with Crippen LogP contribution in [0.1, 0.15) is 36.6 Å². The van der Waals surface area contributed by atoms with Crippen LogP contribution in [-0.2, 0) is 5.41 Å². The minimum absolute atomic E-state index is 0.0545. The van der Waals surface area contributed by atoms with E-state index in [0.29, 0.717) is 12.2 Å². The van der Waals surface area contributed by atoms with E-state index >= 15 is 0 Å². The lowest BCUT2D eigenvalue weighted by Gasteiger charge is -2.18. The largest absolute Gasteiger partial charge is 0.492 e. The van der Waals surface area contributed by atoms with Crippen molar-refractivity contribution in [2.45, 2.75) is 25.4 Å². The molecule has 0 amide bonds. The lowest BCUT2D eigenvalue weighted by molar-refractivity contribution is 0.219. The number of aliphatic hydroxyl groups is 1. The van der Waals surface area contributed by atoms with Crippen LogP contribution < -0.4 is 4.74 Å². The summed E-state index contributed by atoms with van der Waals surface area (Å²) in [5, 5.41) is 10.6. The molecule has 1 unspecified atom stereocenters. The van der Waals surface area contributed by atoms with Gasteiger partial charge in [-0.25, -0.2) is 4.39 Å². The number of hydrogen-bond donors (Lipinski definition) is 1. The third kappa shape index (κ3) is 2.66. The molecule has 110 valence electrons. The first-order valence-electron chi connectivity index (χ1n) is 6.79. The van der Waals surface area contributed by atoms with Gasteiger partial charge in [0.2, 0.25) is 0 Å². The molecule has 2 aromatic carbocycles. The van der Waals surface area contributed by atoms with Crippen LogP contribution in [0.15, 0.2) is 36.4 Å². The molecule has 3 rings (SSSR count). The van der Waals surface area contributed by atoms with E-state index < -0.39 is 6.10 Å². The Morgan fingerprint density at radius 3 is 2.71 bits per heavy atom. The summed E-state index contributed by atoms with van der Waals surface area (Å²) in [6, 6.07) is 10.2. The average molecular weight is 398 g/mol. The molecule has 2 nitrogen and oxygen atoms in total. The molecule has 21 heavy (non-hydrogen) atoms. The predicted molar refractivity (Wildman–Crippen MR) is 88.1 cm³/mol. The quantitative estimate of drug-likeness (QED) is 0.770. The number of hydrogen-bond acceptors (Lipinski definition) is 2. The van der Waals surface area contributed by atoms with Crippen LogP contribution >= 0.6 is 22.6 Å². The van der Waals surface area contributed by atoms with E-state index in [1.54, 1.807) is 6.07 Å². The Morgan fingerprint density at radius 2 is 2.00 bits per heavy atom. The van der Waals surface area contributed by atoms with Crippen molar-refractivity contribution in [2.24, 2.45) is 0 Å². The number of ether oxygens (including phenoxy) is 1. The van der Waals surface area contributed by atoms with Crippen molar-refractivity contribution in [1.29, 1.82) is 0 Å². The summed E-state index contributed by atoms with van der Waals surface area (Å²) in [7, 11) is 0. The molecule has 1 N–H and O–H groups in total. The minimum atomic E-state index is -0.765. The average Bonchev–Trinajstić information content (AvgIpc) is 2.74. The van der Waals surface area contributed by atoms with Gasteiger partial charge in [-0.3, -0.25) is 0 Å². The Labute approximate surface area is 137 Å². The van der Waals surface area contributed by atoms with Gasteiger partial charge in [0.05, 0.1) is 6.61 Å². The first-order chi connectivity index (χ1) is 9.88. The van der Waals surface area contributed by atoms with Gasteiger partial charge < -0.3 is 9.84 Å². The monoisotopic (exact) mass is 398 g/mol. The molecule has 4 heteroatoms. The summed E-state index contributed by atoms with van der Waals surface area (Å²) in [5.74, 6) is 0.587. The van der Waals surface area contributed by atoms with Crippen LogP contribution in [0.5, 0.6) is 5.75 Å². The highest BCUT2D eigenvalue weighted by molar-refractivity contribution is 14.1. The van der Waals surface area contributed by atoms with E-state index in [1.807, 2.05) is 40.8 Å². The first-order valence-corrected chi connectivity index (χ1v) is 7.86. The van der Waals surface area contributed by atoms with Gasteiger partial charge in [0, 0.05) is 14.5 Å². The zero-order chi connectivity index (χ0) is 15.2. The topological polar surface area (TPSA) is 29.5 Å². The Balaban J connectivity index is 2.01. The molecule has 2 aromatic rings. The molecule has 0 aromatic heterocycles. The van der Waals surface area contributed by atoms with E-state index in [-0.39, 0.29) is 11.2 Å². The standard InChI is InChI=1S/C17H16FIO2/c1-17(2)9-21-15-6-3-10(7-13(15)17)16(20)12-5-4-11(18)8-14(12)19/h3-8,16,20H,9H2,1-2H3. The normalized spacial score (nSPS) is 17.2. The molecule has 1 heterocycles. The predicted octanol–water partition coefficient (Wildman–Crippen LogP) is 4.18. The Bertz CT molecular complexity index is 697. The maximum atomic E-state index is 13.2. The van der Waals surface area contributed by atoms with Crippen molar-refractivity contribution in [3.8, 4) is 5.75 Å². The minimum Gasteiger partial charge on any atom is -0.492 e. The zero-order valence-corrected chi connectivity index (χ0v) is 14.0. The fourth-order valence-corrected chi connectivity index (χ4v) is 3.38. The molecule has 0 fully saturated rings. The summed E-state index contributed by atoms with van der Waals surface area (Å²) in [5.41, 5.74) is 2.57. The second-order valence-electron chi connectivity index (χ2n) is 6.00.